The second-order valence-electron chi connectivity index (χ2n) is 8.41. The molecule has 36 heavy (non-hydrogen) atoms. The van der Waals surface area contributed by atoms with E-state index in [1.807, 2.05) is 16.5 Å². The van der Waals surface area contributed by atoms with E-state index in [1.54, 1.807) is 24.4 Å². The Morgan fingerprint density at radius 3 is 2.53 bits per heavy atom. The van der Waals surface area contributed by atoms with Crippen LogP contribution in [0.15, 0.2) is 60.6 Å². The van der Waals surface area contributed by atoms with Crippen LogP contribution < -0.4 is 16.9 Å². The average molecular weight is 505 g/mol. The first-order valence-corrected chi connectivity index (χ1v) is 11.2. The van der Waals surface area contributed by atoms with E-state index >= 15 is 0 Å². The number of benzene rings is 1. The number of pyridine rings is 1. The van der Waals surface area contributed by atoms with Gasteiger partial charge in [0.05, 0.1) is 24.0 Å². The summed E-state index contributed by atoms with van der Waals surface area (Å²) >= 11 is 0. The standard InChI is InChI=1S/C25H28F4N6O/c1-2-24(36,25(27,28)29)22(31)16-34(32)15-17-8-11-35-21(12-17)13-19(14-33-10-3-9-30)23(35)18-4-6-20(26)7-5-18/h4-8,11-13,16,33,36H,2-3,10,14-15,31-32H2,1H3/b22-16-. The number of nitriles is 1. The first-order valence-electron chi connectivity index (χ1n) is 11.2. The molecule has 0 aliphatic heterocycles. The van der Waals surface area contributed by atoms with Gasteiger partial charge in [-0.05, 0) is 65.6 Å². The minimum atomic E-state index is -4.94. The highest BCUT2D eigenvalue weighted by Gasteiger charge is 2.54. The van der Waals surface area contributed by atoms with Gasteiger partial charge in [0.1, 0.15) is 5.82 Å². The Morgan fingerprint density at radius 2 is 1.92 bits per heavy atom. The van der Waals surface area contributed by atoms with Gasteiger partial charge >= 0.3 is 6.18 Å². The Kier molecular flexibility index (Phi) is 8.24. The van der Waals surface area contributed by atoms with Crippen LogP contribution in [0.4, 0.5) is 17.6 Å². The van der Waals surface area contributed by atoms with E-state index in [9.17, 15) is 22.7 Å². The van der Waals surface area contributed by atoms with Crippen molar-refractivity contribution in [2.45, 2.75) is 44.6 Å². The van der Waals surface area contributed by atoms with Crippen molar-refractivity contribution in [1.82, 2.24) is 14.7 Å². The quantitative estimate of drug-likeness (QED) is 0.144. The molecular formula is C25H28F4N6O. The molecule has 0 spiro atoms. The molecule has 0 radical (unpaired) electrons. The Labute approximate surface area is 206 Å². The molecule has 1 unspecified atom stereocenters. The highest BCUT2D eigenvalue weighted by atomic mass is 19.4. The molecule has 0 amide bonds. The number of halogens is 4. The Bertz CT molecular complexity index is 1260. The summed E-state index contributed by atoms with van der Waals surface area (Å²) in [7, 11) is 0. The second kappa shape index (κ2) is 11.0. The fraction of sp³-hybridized carbons (Fsp3) is 0.320. The summed E-state index contributed by atoms with van der Waals surface area (Å²) < 4.78 is 55.2. The van der Waals surface area contributed by atoms with Gasteiger partial charge in [-0.2, -0.15) is 18.4 Å². The zero-order valence-corrected chi connectivity index (χ0v) is 19.7. The number of nitrogens with zero attached hydrogens (tertiary/aromatic N) is 3. The molecule has 11 heteroatoms. The highest BCUT2D eigenvalue weighted by Crippen LogP contribution is 2.37. The monoisotopic (exact) mass is 504 g/mol. The van der Waals surface area contributed by atoms with Crippen molar-refractivity contribution < 1.29 is 22.7 Å². The molecule has 3 rings (SSSR count). The van der Waals surface area contributed by atoms with Gasteiger partial charge in [-0.15, -0.1) is 0 Å². The lowest BCUT2D eigenvalue weighted by atomic mass is 9.96. The number of aliphatic hydroxyl groups is 1. The van der Waals surface area contributed by atoms with Crippen LogP contribution in [0.25, 0.3) is 16.8 Å². The molecule has 0 saturated carbocycles. The van der Waals surface area contributed by atoms with Crippen LogP contribution in [0.1, 0.15) is 30.9 Å². The summed E-state index contributed by atoms with van der Waals surface area (Å²) in [5.41, 5.74) is 5.63. The maximum atomic E-state index is 13.5. The number of nitrogens with two attached hydrogens (primary N) is 2. The number of nitrogens with one attached hydrogen (secondary N) is 1. The molecule has 1 atom stereocenters. The minimum Gasteiger partial charge on any atom is -0.398 e. The van der Waals surface area contributed by atoms with Gasteiger partial charge in [-0.3, -0.25) is 0 Å². The molecule has 6 N–H and O–H groups in total. The number of hydrazine groups is 1. The van der Waals surface area contributed by atoms with Gasteiger partial charge < -0.3 is 25.6 Å². The van der Waals surface area contributed by atoms with E-state index in [2.05, 4.69) is 11.4 Å². The summed E-state index contributed by atoms with van der Waals surface area (Å²) in [4.78, 5) is 0. The fourth-order valence-electron chi connectivity index (χ4n) is 3.92. The molecule has 2 aromatic heterocycles. The number of aromatic nitrogens is 1. The van der Waals surface area contributed by atoms with Crippen molar-refractivity contribution in [3.05, 3.63) is 77.5 Å². The van der Waals surface area contributed by atoms with Gasteiger partial charge in [-0.25, -0.2) is 10.2 Å². The van der Waals surface area contributed by atoms with Crippen LogP contribution in [0.2, 0.25) is 0 Å². The van der Waals surface area contributed by atoms with E-state index in [4.69, 9.17) is 16.8 Å². The number of alkyl halides is 3. The van der Waals surface area contributed by atoms with Crippen molar-refractivity contribution in [2.75, 3.05) is 6.54 Å². The van der Waals surface area contributed by atoms with Crippen molar-refractivity contribution in [1.29, 1.82) is 5.26 Å². The molecule has 0 aliphatic carbocycles. The maximum Gasteiger partial charge on any atom is 0.422 e. The van der Waals surface area contributed by atoms with E-state index in [-0.39, 0.29) is 12.4 Å². The molecule has 2 heterocycles. The number of hydrogen-bond acceptors (Lipinski definition) is 6. The normalized spacial score (nSPS) is 14.0. The number of fused-ring (bicyclic) bond motifs is 1. The summed E-state index contributed by atoms with van der Waals surface area (Å²) in [5.74, 6) is 5.54. The third-order valence-electron chi connectivity index (χ3n) is 5.89. The second-order valence-corrected chi connectivity index (χ2v) is 8.41. The van der Waals surface area contributed by atoms with Crippen LogP contribution in [-0.2, 0) is 13.1 Å². The molecule has 3 aromatic rings. The van der Waals surface area contributed by atoms with Gasteiger partial charge in [0.15, 0.2) is 0 Å². The minimum absolute atomic E-state index is 0.0294. The summed E-state index contributed by atoms with van der Waals surface area (Å²) in [6.07, 6.45) is -2.56. The number of rotatable bonds is 10. The third kappa shape index (κ3) is 5.79. The zero-order chi connectivity index (χ0) is 26.5. The largest absolute Gasteiger partial charge is 0.422 e. The van der Waals surface area contributed by atoms with Gasteiger partial charge in [0.2, 0.25) is 5.60 Å². The summed E-state index contributed by atoms with van der Waals surface area (Å²) in [5, 5.41) is 23.0. The Balaban J connectivity index is 1.91. The number of hydrogen-bond donors (Lipinski definition) is 4. The summed E-state index contributed by atoms with van der Waals surface area (Å²) in [6, 6.07) is 13.7. The fourth-order valence-corrected chi connectivity index (χ4v) is 3.92. The van der Waals surface area contributed by atoms with Crippen LogP contribution in [0, 0.1) is 17.1 Å². The molecule has 7 nitrogen and oxygen atoms in total. The third-order valence-corrected chi connectivity index (χ3v) is 5.89. The van der Waals surface area contributed by atoms with Crippen molar-refractivity contribution in [3.63, 3.8) is 0 Å². The van der Waals surface area contributed by atoms with E-state index in [1.165, 1.54) is 19.1 Å². The van der Waals surface area contributed by atoms with Crippen molar-refractivity contribution in [2.24, 2.45) is 11.6 Å². The lowest BCUT2D eigenvalue weighted by molar-refractivity contribution is -0.245. The first kappa shape index (κ1) is 27.0. The van der Waals surface area contributed by atoms with Crippen LogP contribution in [0.5, 0.6) is 0 Å². The summed E-state index contributed by atoms with van der Waals surface area (Å²) in [6.45, 7) is 2.19. The first-order chi connectivity index (χ1) is 17.0. The maximum absolute atomic E-state index is 13.5. The van der Waals surface area contributed by atoms with Crippen molar-refractivity contribution in [3.8, 4) is 17.3 Å². The SMILES string of the molecule is CCC(O)(/C(N)=C/N(N)Cc1ccn2c(-c3ccc(F)cc3)c(CNCCC#N)cc2c1)C(F)(F)F. The zero-order valence-electron chi connectivity index (χ0n) is 19.7. The van der Waals surface area contributed by atoms with Crippen LogP contribution in [-0.4, -0.2) is 32.8 Å². The molecular weight excluding hydrogens is 476 g/mol. The van der Waals surface area contributed by atoms with Gasteiger partial charge in [0, 0.05) is 37.4 Å². The van der Waals surface area contributed by atoms with Gasteiger partial charge in [-0.1, -0.05) is 6.92 Å². The Hall–Kier alpha value is -3.59. The topological polar surface area (TPSA) is 116 Å². The van der Waals surface area contributed by atoms with E-state index < -0.39 is 23.9 Å². The van der Waals surface area contributed by atoms with Crippen LogP contribution in [0.3, 0.4) is 0 Å². The van der Waals surface area contributed by atoms with E-state index in [0.717, 1.165) is 33.5 Å². The van der Waals surface area contributed by atoms with Crippen molar-refractivity contribution >= 4 is 5.52 Å². The van der Waals surface area contributed by atoms with E-state index in [0.29, 0.717) is 25.1 Å². The molecule has 0 fully saturated rings. The molecule has 1 aromatic carbocycles. The smallest absolute Gasteiger partial charge is 0.398 e. The van der Waals surface area contributed by atoms with Gasteiger partial charge in [0.25, 0.3) is 0 Å². The predicted octanol–water partition coefficient (Wildman–Crippen LogP) is 3.93. The molecule has 0 aliphatic rings. The molecule has 0 saturated heterocycles. The average Bonchev–Trinajstić information content (AvgIpc) is 3.18. The molecule has 192 valence electrons. The lowest BCUT2D eigenvalue weighted by Crippen LogP contribution is -2.49. The lowest BCUT2D eigenvalue weighted by Gasteiger charge is -2.30. The predicted molar refractivity (Wildman–Crippen MR) is 128 cm³/mol. The Morgan fingerprint density at radius 1 is 1.22 bits per heavy atom. The molecule has 0 bridgehead atoms. The van der Waals surface area contributed by atoms with Crippen LogP contribution >= 0.6 is 0 Å². The highest BCUT2D eigenvalue weighted by molar-refractivity contribution is 5.72.